The number of benzene rings is 1. The van der Waals surface area contributed by atoms with Gasteiger partial charge in [0.15, 0.2) is 0 Å². The van der Waals surface area contributed by atoms with Crippen molar-refractivity contribution >= 4 is 33.5 Å². The van der Waals surface area contributed by atoms with E-state index in [4.69, 9.17) is 0 Å². The fourth-order valence-electron chi connectivity index (χ4n) is 4.10. The smallest absolute Gasteiger partial charge is 0.320 e. The molecule has 1 aromatic rings. The lowest BCUT2D eigenvalue weighted by Crippen LogP contribution is -2.46. The lowest BCUT2D eigenvalue weighted by molar-refractivity contribution is -0.143. The third-order valence-corrected chi connectivity index (χ3v) is 5.89. The third-order valence-electron chi connectivity index (χ3n) is 5.23. The molecule has 2 N–H and O–H groups in total. The minimum atomic E-state index is -0.811. The van der Waals surface area contributed by atoms with Crippen LogP contribution >= 0.6 is 15.9 Å². The summed E-state index contributed by atoms with van der Waals surface area (Å²) in [7, 11) is 0. The second-order valence-corrected chi connectivity index (χ2v) is 7.76. The molecule has 6 heteroatoms. The highest BCUT2D eigenvalue weighted by Crippen LogP contribution is 2.39. The van der Waals surface area contributed by atoms with E-state index < -0.39 is 12.0 Å². The summed E-state index contributed by atoms with van der Waals surface area (Å²) in [6.07, 6.45) is 5.03. The van der Waals surface area contributed by atoms with Crippen LogP contribution < -0.4 is 5.32 Å². The van der Waals surface area contributed by atoms with E-state index in [1.165, 1.54) is 6.42 Å². The van der Waals surface area contributed by atoms with Gasteiger partial charge in [0.25, 0.3) is 0 Å². The topological polar surface area (TPSA) is 69.6 Å². The first-order valence-corrected chi connectivity index (χ1v) is 9.29. The Morgan fingerprint density at radius 3 is 2.79 bits per heavy atom. The van der Waals surface area contributed by atoms with E-state index in [1.807, 2.05) is 30.0 Å². The minimum Gasteiger partial charge on any atom is -0.480 e. The number of rotatable bonds is 4. The number of fused-ring (bicyclic) bond motifs is 1. The Bertz CT molecular complexity index is 649. The SMILES string of the molecule is Cc1ccc(NC(=O)CN2C(C(=O)O)CC3CCCCC32)c(Br)c1. The average molecular weight is 395 g/mol. The Morgan fingerprint density at radius 1 is 1.33 bits per heavy atom. The number of likely N-dealkylation sites (tertiary alicyclic amines) is 1. The molecule has 0 aromatic heterocycles. The van der Waals surface area contributed by atoms with Crippen LogP contribution in [0.5, 0.6) is 0 Å². The van der Waals surface area contributed by atoms with Crippen LogP contribution in [0.3, 0.4) is 0 Å². The molecular formula is C18H23BrN2O3. The van der Waals surface area contributed by atoms with Crippen molar-refractivity contribution < 1.29 is 14.7 Å². The maximum absolute atomic E-state index is 12.5. The molecule has 3 atom stereocenters. The van der Waals surface area contributed by atoms with Gasteiger partial charge in [0.1, 0.15) is 6.04 Å². The van der Waals surface area contributed by atoms with Crippen molar-refractivity contribution in [2.75, 3.05) is 11.9 Å². The van der Waals surface area contributed by atoms with Gasteiger partial charge < -0.3 is 10.4 Å². The number of hydrogen-bond donors (Lipinski definition) is 2. The molecule has 3 rings (SSSR count). The van der Waals surface area contributed by atoms with Crippen molar-refractivity contribution in [3.8, 4) is 0 Å². The van der Waals surface area contributed by atoms with E-state index in [0.29, 0.717) is 12.3 Å². The van der Waals surface area contributed by atoms with Gasteiger partial charge in [0.2, 0.25) is 5.91 Å². The monoisotopic (exact) mass is 394 g/mol. The fourth-order valence-corrected chi connectivity index (χ4v) is 4.69. The molecule has 1 heterocycles. The number of carbonyl (C=O) groups excluding carboxylic acids is 1. The molecule has 1 aromatic carbocycles. The summed E-state index contributed by atoms with van der Waals surface area (Å²) in [6.45, 7) is 2.12. The van der Waals surface area contributed by atoms with E-state index in [2.05, 4.69) is 21.2 Å². The highest BCUT2D eigenvalue weighted by molar-refractivity contribution is 9.10. The summed E-state index contributed by atoms with van der Waals surface area (Å²) in [5.41, 5.74) is 1.83. The molecule has 130 valence electrons. The lowest BCUT2D eigenvalue weighted by Gasteiger charge is -2.32. The molecule has 2 aliphatic rings. The van der Waals surface area contributed by atoms with Gasteiger partial charge in [-0.2, -0.15) is 0 Å². The molecule has 5 nitrogen and oxygen atoms in total. The van der Waals surface area contributed by atoms with Crippen LogP contribution in [0.15, 0.2) is 22.7 Å². The predicted molar refractivity (Wildman–Crippen MR) is 96.0 cm³/mol. The van der Waals surface area contributed by atoms with Crippen molar-refractivity contribution in [3.63, 3.8) is 0 Å². The van der Waals surface area contributed by atoms with E-state index >= 15 is 0 Å². The van der Waals surface area contributed by atoms with E-state index in [0.717, 1.165) is 35.0 Å². The maximum atomic E-state index is 12.5. The van der Waals surface area contributed by atoms with Gasteiger partial charge in [-0.15, -0.1) is 0 Å². The number of aliphatic carboxylic acids is 1. The molecule has 0 radical (unpaired) electrons. The Kier molecular flexibility index (Phi) is 5.25. The van der Waals surface area contributed by atoms with Crippen molar-refractivity contribution in [2.24, 2.45) is 5.92 Å². The Balaban J connectivity index is 1.70. The predicted octanol–water partition coefficient (Wildman–Crippen LogP) is 3.41. The van der Waals surface area contributed by atoms with Crippen LogP contribution in [-0.4, -0.2) is 40.5 Å². The zero-order valence-electron chi connectivity index (χ0n) is 13.8. The van der Waals surface area contributed by atoms with Gasteiger partial charge in [-0.1, -0.05) is 18.9 Å². The van der Waals surface area contributed by atoms with Gasteiger partial charge >= 0.3 is 5.97 Å². The summed E-state index contributed by atoms with van der Waals surface area (Å²) >= 11 is 3.46. The van der Waals surface area contributed by atoms with Crippen LogP contribution in [0.1, 0.15) is 37.7 Å². The minimum absolute atomic E-state index is 0.137. The van der Waals surface area contributed by atoms with Crippen molar-refractivity contribution in [1.29, 1.82) is 0 Å². The summed E-state index contributed by atoms with van der Waals surface area (Å²) < 4.78 is 0.836. The summed E-state index contributed by atoms with van der Waals surface area (Å²) in [6, 6.07) is 5.44. The molecule has 2 fully saturated rings. The molecule has 1 saturated carbocycles. The number of amides is 1. The molecule has 1 saturated heterocycles. The van der Waals surface area contributed by atoms with Crippen LogP contribution in [0.4, 0.5) is 5.69 Å². The molecule has 24 heavy (non-hydrogen) atoms. The van der Waals surface area contributed by atoms with Gasteiger partial charge in [-0.05, 0) is 65.7 Å². The molecule has 0 bridgehead atoms. The first-order valence-electron chi connectivity index (χ1n) is 8.50. The third kappa shape index (κ3) is 3.64. The van der Waals surface area contributed by atoms with Gasteiger partial charge in [0, 0.05) is 10.5 Å². The lowest BCUT2D eigenvalue weighted by atomic mass is 9.85. The number of aryl methyl sites for hydroxylation is 1. The van der Waals surface area contributed by atoms with Crippen molar-refractivity contribution in [1.82, 2.24) is 4.90 Å². The summed E-state index contributed by atoms with van der Waals surface area (Å²) in [5, 5.41) is 12.4. The Hall–Kier alpha value is -1.40. The van der Waals surface area contributed by atoms with E-state index in [-0.39, 0.29) is 18.5 Å². The zero-order valence-corrected chi connectivity index (χ0v) is 15.4. The number of carbonyl (C=O) groups is 2. The normalized spacial score (nSPS) is 26.8. The molecule has 1 amide bonds. The number of carboxylic acid groups (broad SMARTS) is 1. The van der Waals surface area contributed by atoms with E-state index in [1.54, 1.807) is 0 Å². The largest absolute Gasteiger partial charge is 0.480 e. The maximum Gasteiger partial charge on any atom is 0.320 e. The van der Waals surface area contributed by atoms with Crippen molar-refractivity contribution in [2.45, 2.75) is 51.1 Å². The Morgan fingerprint density at radius 2 is 2.08 bits per heavy atom. The van der Waals surface area contributed by atoms with Crippen LogP contribution in [0.25, 0.3) is 0 Å². The molecular weight excluding hydrogens is 372 g/mol. The quantitative estimate of drug-likeness (QED) is 0.820. The van der Waals surface area contributed by atoms with Crippen LogP contribution in [0.2, 0.25) is 0 Å². The average Bonchev–Trinajstić information content (AvgIpc) is 2.89. The number of halogens is 1. The number of anilines is 1. The molecule has 1 aliphatic carbocycles. The number of nitrogens with one attached hydrogen (secondary N) is 1. The first kappa shape index (κ1) is 17.4. The van der Waals surface area contributed by atoms with Crippen LogP contribution in [-0.2, 0) is 9.59 Å². The number of nitrogens with zero attached hydrogens (tertiary/aromatic N) is 1. The van der Waals surface area contributed by atoms with Gasteiger partial charge in [-0.3, -0.25) is 14.5 Å². The first-order chi connectivity index (χ1) is 11.5. The van der Waals surface area contributed by atoms with Gasteiger partial charge in [0.05, 0.1) is 12.2 Å². The highest BCUT2D eigenvalue weighted by Gasteiger charge is 2.45. The van der Waals surface area contributed by atoms with Crippen molar-refractivity contribution in [3.05, 3.63) is 28.2 Å². The standard InChI is InChI=1S/C18H23BrN2O3/c1-11-6-7-14(13(19)8-11)20-17(22)10-21-15-5-3-2-4-12(15)9-16(21)18(23)24/h6-8,12,15-16H,2-5,9-10H2,1H3,(H,20,22)(H,23,24). The highest BCUT2D eigenvalue weighted by atomic mass is 79.9. The number of hydrogen-bond acceptors (Lipinski definition) is 3. The second-order valence-electron chi connectivity index (χ2n) is 6.91. The second kappa shape index (κ2) is 7.23. The zero-order chi connectivity index (χ0) is 17.3. The summed E-state index contributed by atoms with van der Waals surface area (Å²) in [5.74, 6) is -0.551. The number of carboxylic acids is 1. The molecule has 1 aliphatic heterocycles. The van der Waals surface area contributed by atoms with Gasteiger partial charge in [-0.25, -0.2) is 0 Å². The molecule has 3 unspecified atom stereocenters. The summed E-state index contributed by atoms with van der Waals surface area (Å²) in [4.78, 5) is 26.0. The van der Waals surface area contributed by atoms with E-state index in [9.17, 15) is 14.7 Å². The molecule has 0 spiro atoms. The van der Waals surface area contributed by atoms with Crippen LogP contribution in [0, 0.1) is 12.8 Å². The Labute approximate surface area is 150 Å². The fraction of sp³-hybridized carbons (Fsp3) is 0.556.